The molecule has 0 fully saturated rings. The molecule has 1 rings (SSSR count). The number of nitrogens with two attached hydrogens (primary N) is 1. The molecule has 0 aliphatic carbocycles. The highest BCUT2D eigenvalue weighted by atomic mass is 32.2. The van der Waals surface area contributed by atoms with Gasteiger partial charge in [-0.05, 0) is 36.8 Å². The summed E-state index contributed by atoms with van der Waals surface area (Å²) in [5.41, 5.74) is 5.25. The van der Waals surface area contributed by atoms with Gasteiger partial charge in [-0.2, -0.15) is 0 Å². The third-order valence-electron chi connectivity index (χ3n) is 3.09. The van der Waals surface area contributed by atoms with E-state index in [9.17, 15) is 8.78 Å². The Bertz CT molecular complexity index is 447. The molecule has 0 heterocycles. The van der Waals surface area contributed by atoms with Crippen molar-refractivity contribution >= 4 is 17.6 Å². The van der Waals surface area contributed by atoms with Crippen molar-refractivity contribution in [1.82, 2.24) is 0 Å². The fourth-order valence-electron chi connectivity index (χ4n) is 1.56. The molecule has 0 radical (unpaired) electrons. The minimum Gasteiger partial charge on any atom is -0.387 e. The summed E-state index contributed by atoms with van der Waals surface area (Å²) in [7, 11) is 0. The van der Waals surface area contributed by atoms with Crippen molar-refractivity contribution in [2.24, 2.45) is 11.1 Å². The number of halogens is 2. The Morgan fingerprint density at radius 3 is 2.53 bits per heavy atom. The van der Waals surface area contributed by atoms with Gasteiger partial charge < -0.3 is 5.73 Å². The summed E-state index contributed by atoms with van der Waals surface area (Å²) in [5.74, 6) is -0.560. The number of thioether (sulfide) groups is 1. The van der Waals surface area contributed by atoms with E-state index in [0.717, 1.165) is 36.0 Å². The van der Waals surface area contributed by atoms with Gasteiger partial charge in [-0.15, -0.1) is 11.8 Å². The number of hydrogen-bond donors (Lipinski definition) is 2. The molecule has 0 amide bonds. The lowest BCUT2D eigenvalue weighted by atomic mass is 9.86. The molecule has 0 aliphatic rings. The second kappa shape index (κ2) is 6.89. The monoisotopic (exact) mass is 286 g/mol. The molecule has 2 nitrogen and oxygen atoms in total. The Morgan fingerprint density at radius 1 is 1.26 bits per heavy atom. The van der Waals surface area contributed by atoms with Gasteiger partial charge in [0.25, 0.3) is 0 Å². The lowest BCUT2D eigenvalue weighted by molar-refractivity contribution is 0.448. The first-order valence-corrected chi connectivity index (χ1v) is 7.24. The first-order valence-electron chi connectivity index (χ1n) is 6.25. The molecule has 106 valence electrons. The van der Waals surface area contributed by atoms with Crippen LogP contribution in [0, 0.1) is 22.5 Å². The topological polar surface area (TPSA) is 49.9 Å². The van der Waals surface area contributed by atoms with Crippen LogP contribution in [0.5, 0.6) is 0 Å². The van der Waals surface area contributed by atoms with Crippen LogP contribution < -0.4 is 5.73 Å². The van der Waals surface area contributed by atoms with Crippen molar-refractivity contribution in [3.05, 3.63) is 29.8 Å². The lowest BCUT2D eigenvalue weighted by Gasteiger charge is -2.22. The predicted octanol–water partition coefficient (Wildman–Crippen LogP) is 4.19. The fourth-order valence-corrected chi connectivity index (χ4v) is 2.50. The molecule has 0 spiro atoms. The lowest BCUT2D eigenvalue weighted by Crippen LogP contribution is -2.30. The summed E-state index contributed by atoms with van der Waals surface area (Å²) in [6.45, 7) is 3.91. The van der Waals surface area contributed by atoms with Crippen molar-refractivity contribution in [3.8, 4) is 0 Å². The second-order valence-electron chi connectivity index (χ2n) is 5.18. The van der Waals surface area contributed by atoms with E-state index in [4.69, 9.17) is 11.1 Å². The number of rotatable bonds is 7. The molecule has 1 aromatic rings. The van der Waals surface area contributed by atoms with Gasteiger partial charge in [-0.25, -0.2) is 8.78 Å². The quantitative estimate of drug-likeness (QED) is 0.342. The number of nitrogens with one attached hydrogen (secondary N) is 1. The number of amidine groups is 1. The van der Waals surface area contributed by atoms with Crippen molar-refractivity contribution in [2.75, 3.05) is 5.75 Å². The van der Waals surface area contributed by atoms with Crippen molar-refractivity contribution < 1.29 is 8.78 Å². The van der Waals surface area contributed by atoms with E-state index in [0.29, 0.717) is 0 Å². The molecule has 19 heavy (non-hydrogen) atoms. The summed E-state index contributed by atoms with van der Waals surface area (Å²) in [6, 6.07) is 3.96. The van der Waals surface area contributed by atoms with E-state index < -0.39 is 11.6 Å². The molecule has 0 saturated carbocycles. The normalized spacial score (nSPS) is 11.6. The standard InChI is InChI=1S/C14H20F2N2S/c1-14(2,13(17)18)7-3-4-8-19-10-5-6-11(15)12(16)9-10/h5-6,9H,3-4,7-8H2,1-2H3,(H3,17,18). The summed E-state index contributed by atoms with van der Waals surface area (Å²) >= 11 is 1.51. The summed E-state index contributed by atoms with van der Waals surface area (Å²) in [4.78, 5) is 0.740. The maximum atomic E-state index is 13.0. The predicted molar refractivity (Wildman–Crippen MR) is 76.6 cm³/mol. The van der Waals surface area contributed by atoms with Crippen LogP contribution in [0.4, 0.5) is 8.78 Å². The molecule has 0 unspecified atom stereocenters. The Morgan fingerprint density at radius 2 is 1.95 bits per heavy atom. The van der Waals surface area contributed by atoms with E-state index >= 15 is 0 Å². The molecule has 0 atom stereocenters. The zero-order valence-corrected chi connectivity index (χ0v) is 12.1. The molecule has 0 bridgehead atoms. The van der Waals surface area contributed by atoms with Crippen LogP contribution in [0.3, 0.4) is 0 Å². The van der Waals surface area contributed by atoms with Gasteiger partial charge in [0.1, 0.15) is 0 Å². The molecule has 3 N–H and O–H groups in total. The fraction of sp³-hybridized carbons (Fsp3) is 0.500. The average molecular weight is 286 g/mol. The van der Waals surface area contributed by atoms with Crippen molar-refractivity contribution in [2.45, 2.75) is 38.0 Å². The Hall–Kier alpha value is -1.10. The van der Waals surface area contributed by atoms with Crippen molar-refractivity contribution in [3.63, 3.8) is 0 Å². The van der Waals surface area contributed by atoms with Crippen LogP contribution in [0.1, 0.15) is 33.1 Å². The largest absolute Gasteiger partial charge is 0.387 e. The Balaban J connectivity index is 2.28. The molecule has 0 aromatic heterocycles. The molecule has 5 heteroatoms. The van der Waals surface area contributed by atoms with Gasteiger partial charge in [0.05, 0.1) is 5.84 Å². The van der Waals surface area contributed by atoms with Crippen LogP contribution >= 0.6 is 11.8 Å². The van der Waals surface area contributed by atoms with Gasteiger partial charge in [0.2, 0.25) is 0 Å². The summed E-state index contributed by atoms with van der Waals surface area (Å²) in [6.07, 6.45) is 2.78. The number of unbranched alkanes of at least 4 members (excludes halogenated alkanes) is 1. The highest BCUT2D eigenvalue weighted by Gasteiger charge is 2.20. The van der Waals surface area contributed by atoms with E-state index in [1.807, 2.05) is 13.8 Å². The Labute approximate surface area is 117 Å². The van der Waals surface area contributed by atoms with E-state index in [2.05, 4.69) is 0 Å². The maximum absolute atomic E-state index is 13.0. The summed E-state index contributed by atoms with van der Waals surface area (Å²) < 4.78 is 25.7. The van der Waals surface area contributed by atoms with E-state index in [1.54, 1.807) is 6.07 Å². The Kier molecular flexibility index (Phi) is 5.79. The zero-order chi connectivity index (χ0) is 14.5. The smallest absolute Gasteiger partial charge is 0.159 e. The van der Waals surface area contributed by atoms with Crippen LogP contribution in [0.25, 0.3) is 0 Å². The number of hydrogen-bond acceptors (Lipinski definition) is 2. The first-order chi connectivity index (χ1) is 8.83. The van der Waals surface area contributed by atoms with Gasteiger partial charge in [-0.1, -0.05) is 20.3 Å². The molecule has 0 aliphatic heterocycles. The van der Waals surface area contributed by atoms with Crippen LogP contribution in [-0.4, -0.2) is 11.6 Å². The minimum absolute atomic E-state index is 0.209. The SMILES string of the molecule is CC(C)(CCCCSc1ccc(F)c(F)c1)C(=N)N. The highest BCUT2D eigenvalue weighted by molar-refractivity contribution is 7.99. The highest BCUT2D eigenvalue weighted by Crippen LogP contribution is 2.25. The maximum Gasteiger partial charge on any atom is 0.159 e. The average Bonchev–Trinajstić information content (AvgIpc) is 2.33. The number of benzene rings is 1. The van der Waals surface area contributed by atoms with Gasteiger partial charge in [-0.3, -0.25) is 5.41 Å². The molecule has 1 aromatic carbocycles. The van der Waals surface area contributed by atoms with E-state index in [-0.39, 0.29) is 11.3 Å². The van der Waals surface area contributed by atoms with Crippen LogP contribution in [0.2, 0.25) is 0 Å². The molecule has 0 saturated heterocycles. The molecular weight excluding hydrogens is 266 g/mol. The minimum atomic E-state index is -0.812. The third-order valence-corrected chi connectivity index (χ3v) is 4.17. The second-order valence-corrected chi connectivity index (χ2v) is 6.35. The van der Waals surface area contributed by atoms with Crippen LogP contribution in [-0.2, 0) is 0 Å². The molecular formula is C14H20F2N2S. The van der Waals surface area contributed by atoms with E-state index in [1.165, 1.54) is 17.8 Å². The summed E-state index contributed by atoms with van der Waals surface area (Å²) in [5, 5.41) is 7.45. The van der Waals surface area contributed by atoms with Gasteiger partial charge in [0, 0.05) is 10.3 Å². The first kappa shape index (κ1) is 16.0. The van der Waals surface area contributed by atoms with Crippen molar-refractivity contribution in [1.29, 1.82) is 5.41 Å². The zero-order valence-electron chi connectivity index (χ0n) is 11.3. The van der Waals surface area contributed by atoms with Gasteiger partial charge >= 0.3 is 0 Å². The third kappa shape index (κ3) is 5.19. The van der Waals surface area contributed by atoms with Crippen LogP contribution in [0.15, 0.2) is 23.1 Å². The van der Waals surface area contributed by atoms with Gasteiger partial charge in [0.15, 0.2) is 11.6 Å².